The lowest BCUT2D eigenvalue weighted by Gasteiger charge is -2.29. The Morgan fingerprint density at radius 3 is 1.82 bits per heavy atom. The molecule has 4 aromatic rings. The monoisotopic (exact) mass is 1200 g/mol. The van der Waals surface area contributed by atoms with Gasteiger partial charge in [-0.2, -0.15) is 0 Å². The Hall–Kier alpha value is -7.10. The van der Waals surface area contributed by atoms with E-state index in [0.717, 1.165) is 21.6 Å². The molecule has 0 radical (unpaired) electrons. The minimum absolute atomic E-state index is 0.0389. The Bertz CT molecular complexity index is 2850. The van der Waals surface area contributed by atoms with Crippen LogP contribution in [0.25, 0.3) is 0 Å². The highest BCUT2D eigenvalue weighted by Crippen LogP contribution is 2.26. The molecule has 23 nitrogen and oxygen atoms in total. The standard InChI is InChI=1S/C57H73ClN10O13S2/c1-31(70)50-57(81)67-47(56(80)64-44(51(62)75)24-35-13-19-40(72)20-14-35)30-83-82-29-46(66-53(77)41(60)23-33-9-15-38(58)16-10-33)49(74)27-37(22-32-11-17-39(71)18-12-32)52(76)65-45(55(79)63-43(54(78)68-50)4-2-3-21-59)25-34-5-7-36(8-6-34)26-48(73)42(61)28-69/h5-20,31,37,41-47,50,69-72H,2-4,21-30,59-61H2,1H3,(H2,62,75)(H,63,79)(H,64,80)(H,65,76)(H,66,77)(H,67,81)(H,68,78)/t31-,37-,41+,42+,43+,44-,45-,46-,47+,50+/m1/s1. The number of hydrogen-bond acceptors (Lipinski definition) is 18. The highest BCUT2D eigenvalue weighted by Gasteiger charge is 2.37. The van der Waals surface area contributed by atoms with Crippen molar-refractivity contribution in [2.45, 2.75) is 119 Å². The van der Waals surface area contributed by atoms with E-state index in [1.54, 1.807) is 60.7 Å². The first kappa shape index (κ1) is 66.7. The Morgan fingerprint density at radius 1 is 0.675 bits per heavy atom. The molecule has 0 aliphatic carbocycles. The predicted molar refractivity (Wildman–Crippen MR) is 314 cm³/mol. The number of carbonyl (C=O) groups excluding carboxylic acids is 9. The minimum Gasteiger partial charge on any atom is -0.508 e. The van der Waals surface area contributed by atoms with Crippen molar-refractivity contribution in [1.29, 1.82) is 0 Å². The first-order valence-electron chi connectivity index (χ1n) is 26.8. The van der Waals surface area contributed by atoms with Gasteiger partial charge in [0.1, 0.15) is 41.7 Å². The molecule has 7 amide bonds. The molecule has 5 rings (SSSR count). The third-order valence-electron chi connectivity index (χ3n) is 13.6. The summed E-state index contributed by atoms with van der Waals surface area (Å²) in [7, 11) is 1.96. The number of nitrogens with two attached hydrogens (primary N) is 4. The van der Waals surface area contributed by atoms with Crippen LogP contribution in [0, 0.1) is 5.92 Å². The zero-order valence-corrected chi connectivity index (χ0v) is 48.1. The van der Waals surface area contributed by atoms with E-state index < -0.39 is 126 Å². The number of carbonyl (C=O) groups is 9. The average Bonchev–Trinajstić information content (AvgIpc) is 3.55. The number of amides is 7. The lowest BCUT2D eigenvalue weighted by atomic mass is 9.90. The van der Waals surface area contributed by atoms with Crippen LogP contribution < -0.4 is 54.8 Å². The molecule has 83 heavy (non-hydrogen) atoms. The van der Waals surface area contributed by atoms with Crippen molar-refractivity contribution in [3.05, 3.63) is 130 Å². The second-order valence-corrected chi connectivity index (χ2v) is 23.3. The van der Waals surface area contributed by atoms with Crippen LogP contribution in [0.1, 0.15) is 60.4 Å². The fourth-order valence-corrected chi connectivity index (χ4v) is 11.2. The van der Waals surface area contributed by atoms with Crippen LogP contribution in [0.5, 0.6) is 11.5 Å². The molecule has 1 fully saturated rings. The molecule has 0 aromatic heterocycles. The number of phenolic OH excluding ortho intramolecular Hbond substituents is 2. The topological polar surface area (TPSA) is 411 Å². The molecule has 1 saturated heterocycles. The first-order chi connectivity index (χ1) is 39.5. The number of aliphatic hydroxyl groups is 2. The van der Waals surface area contributed by atoms with Gasteiger partial charge in [0.25, 0.3) is 0 Å². The van der Waals surface area contributed by atoms with E-state index in [1.807, 2.05) is 0 Å². The predicted octanol–water partition coefficient (Wildman–Crippen LogP) is -0.345. The summed E-state index contributed by atoms with van der Waals surface area (Å²) in [6.45, 7) is 0.863. The Kier molecular flexibility index (Phi) is 26.7. The van der Waals surface area contributed by atoms with Crippen molar-refractivity contribution in [3.8, 4) is 11.5 Å². The van der Waals surface area contributed by atoms with Gasteiger partial charge in [0.05, 0.1) is 30.8 Å². The van der Waals surface area contributed by atoms with Crippen molar-refractivity contribution in [1.82, 2.24) is 31.9 Å². The summed E-state index contributed by atoms with van der Waals surface area (Å²) >= 11 is 6.08. The van der Waals surface area contributed by atoms with E-state index in [9.17, 15) is 63.6 Å². The number of phenols is 2. The second kappa shape index (κ2) is 33.3. The molecule has 448 valence electrons. The molecule has 18 N–H and O–H groups in total. The number of primary amides is 1. The Morgan fingerprint density at radius 2 is 1.22 bits per heavy atom. The van der Waals surface area contributed by atoms with Gasteiger partial charge in [0.15, 0.2) is 11.6 Å². The number of halogens is 1. The van der Waals surface area contributed by atoms with E-state index in [0.29, 0.717) is 39.3 Å². The van der Waals surface area contributed by atoms with Crippen LogP contribution >= 0.6 is 33.2 Å². The molecular weight excluding hydrogens is 1130 g/mol. The van der Waals surface area contributed by atoms with Crippen molar-refractivity contribution >= 4 is 86.1 Å². The van der Waals surface area contributed by atoms with Crippen molar-refractivity contribution < 1.29 is 63.6 Å². The lowest BCUT2D eigenvalue weighted by molar-refractivity contribution is -0.137. The fraction of sp³-hybridized carbons (Fsp3) is 0.421. The van der Waals surface area contributed by atoms with Crippen LogP contribution in [-0.2, 0) is 75.3 Å². The summed E-state index contributed by atoms with van der Waals surface area (Å²) in [5.41, 5.74) is 26.4. The van der Waals surface area contributed by atoms with E-state index in [1.165, 1.54) is 43.3 Å². The SMILES string of the molecule is C[C@@H](O)[C@@H]1NC(=O)[C@H](CCCCN)NC(=O)[C@@H](Cc2ccc(CC(=O)[C@@H](N)CO)cc2)NC(=O)[C@H](Cc2ccc(O)cc2)CC(=O)[C@H](NC(=O)[C@@H](N)Cc2ccc(Cl)cc2)CSSC[C@@H](C(=O)N[C@H](Cc2ccc(O)cc2)C(N)=O)NC1=O. The van der Waals surface area contributed by atoms with Crippen molar-refractivity contribution in [3.63, 3.8) is 0 Å². The quantitative estimate of drug-likeness (QED) is 0.0353. The van der Waals surface area contributed by atoms with Gasteiger partial charge in [-0.1, -0.05) is 93.9 Å². The number of Topliss-reactive ketones (excluding diaryl/α,β-unsaturated/α-hetero) is 2. The normalized spacial score (nSPS) is 21.1. The number of ketones is 2. The van der Waals surface area contributed by atoms with Crippen LogP contribution in [-0.4, -0.2) is 152 Å². The molecular formula is C57H73ClN10O13S2. The highest BCUT2D eigenvalue weighted by atomic mass is 35.5. The van der Waals surface area contributed by atoms with Gasteiger partial charge in [0, 0.05) is 48.1 Å². The summed E-state index contributed by atoms with van der Waals surface area (Å²) in [6, 6.07) is 13.5. The zero-order valence-electron chi connectivity index (χ0n) is 45.7. The van der Waals surface area contributed by atoms with Crippen molar-refractivity contribution in [2.24, 2.45) is 28.9 Å². The molecule has 0 spiro atoms. The molecule has 1 heterocycles. The summed E-state index contributed by atoms with van der Waals surface area (Å²) in [4.78, 5) is 127. The van der Waals surface area contributed by atoms with Gasteiger partial charge >= 0.3 is 0 Å². The Labute approximate surface area is 493 Å². The zero-order chi connectivity index (χ0) is 60.8. The molecule has 0 saturated carbocycles. The summed E-state index contributed by atoms with van der Waals surface area (Å²) in [5, 5.41) is 56.7. The van der Waals surface area contributed by atoms with E-state index >= 15 is 0 Å². The number of benzene rings is 4. The molecule has 26 heteroatoms. The number of unbranched alkanes of at least 4 members (excludes halogenated alkanes) is 1. The molecule has 4 aromatic carbocycles. The maximum atomic E-state index is 14.9. The summed E-state index contributed by atoms with van der Waals surface area (Å²) in [6.07, 6.45) is -2.07. The third kappa shape index (κ3) is 21.9. The lowest BCUT2D eigenvalue weighted by Crippen LogP contribution is -2.62. The molecule has 0 unspecified atom stereocenters. The van der Waals surface area contributed by atoms with E-state index in [-0.39, 0.29) is 74.5 Å². The van der Waals surface area contributed by atoms with Gasteiger partial charge < -0.3 is 75.3 Å². The molecule has 1 aliphatic heterocycles. The van der Waals surface area contributed by atoms with Crippen LogP contribution in [0.15, 0.2) is 97.1 Å². The number of aromatic hydroxyl groups is 2. The Balaban J connectivity index is 1.58. The minimum atomic E-state index is -1.76. The molecule has 1 aliphatic rings. The summed E-state index contributed by atoms with van der Waals surface area (Å²) < 4.78 is 0. The van der Waals surface area contributed by atoms with Crippen LogP contribution in [0.2, 0.25) is 5.02 Å². The van der Waals surface area contributed by atoms with Crippen LogP contribution in [0.4, 0.5) is 0 Å². The van der Waals surface area contributed by atoms with Gasteiger partial charge in [0.2, 0.25) is 41.4 Å². The second-order valence-electron chi connectivity index (χ2n) is 20.3. The molecule has 0 bridgehead atoms. The number of hydrogen-bond donors (Lipinski definition) is 14. The largest absolute Gasteiger partial charge is 0.508 e. The van der Waals surface area contributed by atoms with Gasteiger partial charge in [-0.05, 0) is 110 Å². The summed E-state index contributed by atoms with van der Waals surface area (Å²) in [5.74, 6) is -9.22. The van der Waals surface area contributed by atoms with Gasteiger partial charge in [-0.25, -0.2) is 0 Å². The molecule has 10 atom stereocenters. The van der Waals surface area contributed by atoms with Crippen molar-refractivity contribution in [2.75, 3.05) is 24.7 Å². The van der Waals surface area contributed by atoms with E-state index in [4.69, 9.17) is 34.5 Å². The number of aliphatic hydroxyl groups excluding tert-OH is 2. The number of nitrogens with one attached hydrogen (secondary N) is 6. The average molecular weight is 1210 g/mol. The highest BCUT2D eigenvalue weighted by molar-refractivity contribution is 8.76. The maximum Gasteiger partial charge on any atom is 0.245 e. The first-order valence-corrected chi connectivity index (χ1v) is 29.7. The third-order valence-corrected chi connectivity index (χ3v) is 16.3. The van der Waals surface area contributed by atoms with Crippen LogP contribution in [0.3, 0.4) is 0 Å². The van der Waals surface area contributed by atoms with Gasteiger partial charge in [-0.15, -0.1) is 0 Å². The smallest absolute Gasteiger partial charge is 0.245 e. The maximum absolute atomic E-state index is 14.9. The number of rotatable bonds is 22. The fourth-order valence-electron chi connectivity index (χ4n) is 8.71. The van der Waals surface area contributed by atoms with E-state index in [2.05, 4.69) is 31.9 Å². The van der Waals surface area contributed by atoms with Gasteiger partial charge in [-0.3, -0.25) is 43.2 Å².